The first-order chi connectivity index (χ1) is 12.1. The average Bonchev–Trinajstić information content (AvgIpc) is 2.67. The highest BCUT2D eigenvalue weighted by Crippen LogP contribution is 2.23. The number of carbonyl (C=O) groups excluding carboxylic acids is 1. The van der Waals surface area contributed by atoms with Crippen LogP contribution in [0.3, 0.4) is 0 Å². The van der Waals surface area contributed by atoms with E-state index in [-0.39, 0.29) is 5.91 Å². The van der Waals surface area contributed by atoms with E-state index in [9.17, 15) is 4.79 Å². The van der Waals surface area contributed by atoms with Crippen molar-refractivity contribution in [1.82, 2.24) is 10.3 Å². The second kappa shape index (κ2) is 7.97. The number of pyridine rings is 1. The van der Waals surface area contributed by atoms with Gasteiger partial charge >= 0.3 is 0 Å². The highest BCUT2D eigenvalue weighted by Gasteiger charge is 2.13. The maximum atomic E-state index is 12.4. The number of aromatic nitrogens is 1. The Morgan fingerprint density at radius 2 is 1.96 bits per heavy atom. The summed E-state index contributed by atoms with van der Waals surface area (Å²) < 4.78 is 0. The molecule has 0 bridgehead atoms. The van der Waals surface area contributed by atoms with Gasteiger partial charge in [-0.3, -0.25) is 9.78 Å². The number of allylic oxidation sites excluding steroid dienone is 2. The van der Waals surface area contributed by atoms with Crippen molar-refractivity contribution in [1.29, 1.82) is 0 Å². The number of amides is 1. The van der Waals surface area contributed by atoms with Gasteiger partial charge in [0.2, 0.25) is 0 Å². The Balaban J connectivity index is 1.67. The van der Waals surface area contributed by atoms with E-state index in [0.717, 1.165) is 42.6 Å². The van der Waals surface area contributed by atoms with Gasteiger partial charge in [0, 0.05) is 44.3 Å². The van der Waals surface area contributed by atoms with Gasteiger partial charge in [0.25, 0.3) is 5.91 Å². The number of nitrogens with zero attached hydrogens (tertiary/aromatic N) is 2. The summed E-state index contributed by atoms with van der Waals surface area (Å²) in [4.78, 5) is 18.8. The Hall–Kier alpha value is -2.62. The van der Waals surface area contributed by atoms with Crippen molar-refractivity contribution in [2.75, 3.05) is 25.5 Å². The van der Waals surface area contributed by atoms with Gasteiger partial charge in [0.1, 0.15) is 0 Å². The first-order valence-corrected chi connectivity index (χ1v) is 8.79. The van der Waals surface area contributed by atoms with Crippen molar-refractivity contribution in [2.24, 2.45) is 5.92 Å². The molecule has 0 saturated heterocycles. The molecule has 1 aliphatic carbocycles. The lowest BCUT2D eigenvalue weighted by Crippen LogP contribution is -2.29. The predicted octanol–water partition coefficient (Wildman–Crippen LogP) is 3.90. The number of hydrogen-bond donors (Lipinski definition) is 1. The molecule has 0 radical (unpaired) electrons. The third-order valence-corrected chi connectivity index (χ3v) is 4.65. The number of benzene rings is 1. The third-order valence-electron chi connectivity index (χ3n) is 4.65. The Morgan fingerprint density at radius 3 is 2.64 bits per heavy atom. The van der Waals surface area contributed by atoms with Gasteiger partial charge in [0.15, 0.2) is 0 Å². The van der Waals surface area contributed by atoms with E-state index in [4.69, 9.17) is 0 Å². The zero-order valence-electron chi connectivity index (χ0n) is 14.9. The lowest BCUT2D eigenvalue weighted by atomic mass is 9.94. The summed E-state index contributed by atoms with van der Waals surface area (Å²) in [6, 6.07) is 10.2. The molecule has 1 atom stereocenters. The summed E-state index contributed by atoms with van der Waals surface area (Å²) in [6.07, 6.45) is 11.2. The molecule has 0 aliphatic heterocycles. The summed E-state index contributed by atoms with van der Waals surface area (Å²) in [7, 11) is 4.03. The van der Waals surface area contributed by atoms with Crippen LogP contribution in [0.4, 0.5) is 5.69 Å². The molecule has 0 spiro atoms. The zero-order chi connectivity index (χ0) is 17.6. The number of carbonyl (C=O) groups is 1. The van der Waals surface area contributed by atoms with Crippen LogP contribution >= 0.6 is 0 Å². The monoisotopic (exact) mass is 335 g/mol. The van der Waals surface area contributed by atoms with Crippen molar-refractivity contribution in [3.8, 4) is 11.1 Å². The van der Waals surface area contributed by atoms with E-state index in [2.05, 4.69) is 51.6 Å². The van der Waals surface area contributed by atoms with E-state index < -0.39 is 0 Å². The molecule has 1 N–H and O–H groups in total. The van der Waals surface area contributed by atoms with E-state index in [1.165, 1.54) is 0 Å². The van der Waals surface area contributed by atoms with Crippen LogP contribution < -0.4 is 10.2 Å². The fourth-order valence-electron chi connectivity index (χ4n) is 3.05. The topological polar surface area (TPSA) is 45.2 Å². The van der Waals surface area contributed by atoms with Gasteiger partial charge < -0.3 is 10.2 Å². The lowest BCUT2D eigenvalue weighted by molar-refractivity contribution is 0.0946. The first kappa shape index (κ1) is 17.2. The third kappa shape index (κ3) is 4.47. The normalized spacial score (nSPS) is 16.5. The zero-order valence-corrected chi connectivity index (χ0v) is 14.9. The molecule has 0 fully saturated rings. The van der Waals surface area contributed by atoms with Crippen LogP contribution in [0.1, 0.15) is 29.6 Å². The SMILES string of the molecule is CN(C)c1ccc(-c2cncc(C(=O)NC[C@H]3CC=CCC3)c2)cc1. The molecule has 2 aromatic rings. The summed E-state index contributed by atoms with van der Waals surface area (Å²) in [6.45, 7) is 0.727. The van der Waals surface area contributed by atoms with Gasteiger partial charge in [-0.15, -0.1) is 0 Å². The largest absolute Gasteiger partial charge is 0.378 e. The standard InChI is InChI=1S/C21H25N3O/c1-24(2)20-10-8-17(9-11-20)18-12-19(15-22-14-18)21(25)23-13-16-6-4-3-5-7-16/h3-4,8-12,14-16H,5-7,13H2,1-2H3,(H,23,25)/t16-/m0/s1. The van der Waals surface area contributed by atoms with Gasteiger partial charge in [0.05, 0.1) is 5.56 Å². The molecule has 1 aliphatic rings. The Kier molecular flexibility index (Phi) is 5.49. The number of nitrogens with one attached hydrogen (secondary N) is 1. The van der Waals surface area contributed by atoms with Crippen LogP contribution in [0.25, 0.3) is 11.1 Å². The first-order valence-electron chi connectivity index (χ1n) is 8.79. The van der Waals surface area contributed by atoms with Crippen LogP contribution in [0.15, 0.2) is 54.9 Å². The second-order valence-corrected chi connectivity index (χ2v) is 6.76. The number of hydrogen-bond acceptors (Lipinski definition) is 3. The molecule has 1 amide bonds. The summed E-state index contributed by atoms with van der Waals surface area (Å²) >= 11 is 0. The van der Waals surface area contributed by atoms with Crippen molar-refractivity contribution in [3.05, 3.63) is 60.4 Å². The van der Waals surface area contributed by atoms with Crippen LogP contribution in [0.5, 0.6) is 0 Å². The van der Waals surface area contributed by atoms with Gasteiger partial charge in [-0.05, 0) is 48.9 Å². The van der Waals surface area contributed by atoms with Crippen molar-refractivity contribution < 1.29 is 4.79 Å². The van der Waals surface area contributed by atoms with Gasteiger partial charge in [-0.1, -0.05) is 24.3 Å². The Bertz CT molecular complexity index is 750. The minimum absolute atomic E-state index is 0.0474. The van der Waals surface area contributed by atoms with Crippen molar-refractivity contribution >= 4 is 11.6 Å². The van der Waals surface area contributed by atoms with Gasteiger partial charge in [-0.2, -0.15) is 0 Å². The fourth-order valence-corrected chi connectivity index (χ4v) is 3.05. The molecule has 1 heterocycles. The highest BCUT2D eigenvalue weighted by atomic mass is 16.1. The van der Waals surface area contributed by atoms with Crippen LogP contribution in [-0.2, 0) is 0 Å². The molecular weight excluding hydrogens is 310 g/mol. The van der Waals surface area contributed by atoms with E-state index in [0.29, 0.717) is 11.5 Å². The molecule has 0 saturated carbocycles. The number of rotatable bonds is 5. The van der Waals surface area contributed by atoms with Crippen molar-refractivity contribution in [3.63, 3.8) is 0 Å². The number of anilines is 1. The average molecular weight is 335 g/mol. The van der Waals surface area contributed by atoms with Gasteiger partial charge in [-0.25, -0.2) is 0 Å². The lowest BCUT2D eigenvalue weighted by Gasteiger charge is -2.18. The molecule has 3 rings (SSSR count). The van der Waals surface area contributed by atoms with Crippen LogP contribution in [0.2, 0.25) is 0 Å². The molecule has 4 nitrogen and oxygen atoms in total. The van der Waals surface area contributed by atoms with E-state index >= 15 is 0 Å². The summed E-state index contributed by atoms with van der Waals surface area (Å²) in [5.41, 5.74) is 3.77. The molecule has 1 aromatic heterocycles. The predicted molar refractivity (Wildman–Crippen MR) is 103 cm³/mol. The maximum absolute atomic E-state index is 12.4. The molecule has 0 unspecified atom stereocenters. The fraction of sp³-hybridized carbons (Fsp3) is 0.333. The molecule has 4 heteroatoms. The summed E-state index contributed by atoms with van der Waals surface area (Å²) in [5, 5.41) is 3.05. The molecule has 1 aromatic carbocycles. The second-order valence-electron chi connectivity index (χ2n) is 6.76. The minimum Gasteiger partial charge on any atom is -0.378 e. The van der Waals surface area contributed by atoms with Crippen molar-refractivity contribution in [2.45, 2.75) is 19.3 Å². The molecule has 130 valence electrons. The van der Waals surface area contributed by atoms with Crippen LogP contribution in [-0.4, -0.2) is 31.5 Å². The smallest absolute Gasteiger partial charge is 0.252 e. The van der Waals surface area contributed by atoms with E-state index in [1.807, 2.05) is 20.2 Å². The minimum atomic E-state index is -0.0474. The molecular formula is C21H25N3O. The summed E-state index contributed by atoms with van der Waals surface area (Å²) in [5.74, 6) is 0.498. The quantitative estimate of drug-likeness (QED) is 0.843. The van der Waals surface area contributed by atoms with Crippen LogP contribution in [0, 0.1) is 5.92 Å². The molecule has 25 heavy (non-hydrogen) atoms. The Morgan fingerprint density at radius 1 is 1.16 bits per heavy atom. The maximum Gasteiger partial charge on any atom is 0.252 e. The van der Waals surface area contributed by atoms with E-state index in [1.54, 1.807) is 12.4 Å². The highest BCUT2D eigenvalue weighted by molar-refractivity contribution is 5.95. The Labute approximate surface area is 149 Å².